The van der Waals surface area contributed by atoms with E-state index in [-0.39, 0.29) is 5.92 Å². The van der Waals surface area contributed by atoms with E-state index in [1.807, 2.05) is 19.2 Å². The average Bonchev–Trinajstić information content (AvgIpc) is 2.53. The van der Waals surface area contributed by atoms with Gasteiger partial charge in [0.1, 0.15) is 0 Å². The molecule has 1 heterocycles. The van der Waals surface area contributed by atoms with E-state index in [1.165, 1.54) is 24.8 Å². The fourth-order valence-electron chi connectivity index (χ4n) is 4.01. The molecule has 0 aromatic heterocycles. The minimum Gasteiger partial charge on any atom is -0.385 e. The Bertz CT molecular complexity index is 514. The molecule has 1 fully saturated rings. The number of carbonyl (C=O) groups excluding carboxylic acids is 1. The predicted octanol–water partition coefficient (Wildman–Crippen LogP) is 3.62. The van der Waals surface area contributed by atoms with E-state index in [0.717, 1.165) is 25.1 Å². The lowest BCUT2D eigenvalue weighted by molar-refractivity contribution is -0.135. The molecule has 0 bridgehead atoms. The third-order valence-electron chi connectivity index (χ3n) is 5.29. The SMILES string of the molecule is CC1CCCCC1N(C)C(=O)C1CCNc2ccccc21. The Morgan fingerprint density at radius 2 is 1.95 bits per heavy atom. The lowest BCUT2D eigenvalue weighted by Crippen LogP contribution is -2.45. The summed E-state index contributed by atoms with van der Waals surface area (Å²) in [6.07, 6.45) is 5.90. The van der Waals surface area contributed by atoms with Crippen LogP contribution in [0.15, 0.2) is 24.3 Å². The number of carbonyl (C=O) groups is 1. The molecule has 21 heavy (non-hydrogen) atoms. The van der Waals surface area contributed by atoms with Crippen molar-refractivity contribution in [2.24, 2.45) is 5.92 Å². The summed E-state index contributed by atoms with van der Waals surface area (Å²) in [4.78, 5) is 15.1. The maximum absolute atomic E-state index is 13.0. The third kappa shape index (κ3) is 2.78. The summed E-state index contributed by atoms with van der Waals surface area (Å²) in [7, 11) is 2.01. The molecule has 114 valence electrons. The van der Waals surface area contributed by atoms with Gasteiger partial charge in [0.15, 0.2) is 0 Å². The molecule has 1 amide bonds. The van der Waals surface area contributed by atoms with Crippen molar-refractivity contribution in [2.45, 2.75) is 51.0 Å². The zero-order valence-electron chi connectivity index (χ0n) is 13.1. The summed E-state index contributed by atoms with van der Waals surface area (Å²) >= 11 is 0. The monoisotopic (exact) mass is 286 g/mol. The Kier molecular flexibility index (Phi) is 4.18. The fraction of sp³-hybridized carbons (Fsp3) is 0.611. The van der Waals surface area contributed by atoms with Gasteiger partial charge in [0.05, 0.1) is 5.92 Å². The number of anilines is 1. The van der Waals surface area contributed by atoms with Crippen molar-refractivity contribution in [1.29, 1.82) is 0 Å². The molecule has 1 saturated carbocycles. The van der Waals surface area contributed by atoms with Gasteiger partial charge in [-0.1, -0.05) is 38.0 Å². The molecule has 0 saturated heterocycles. The Morgan fingerprint density at radius 3 is 2.76 bits per heavy atom. The molecule has 2 aliphatic rings. The van der Waals surface area contributed by atoms with Crippen molar-refractivity contribution in [3.63, 3.8) is 0 Å². The molecule has 3 heteroatoms. The van der Waals surface area contributed by atoms with Crippen molar-refractivity contribution in [1.82, 2.24) is 4.90 Å². The molecule has 3 rings (SSSR count). The number of amides is 1. The molecule has 1 aromatic carbocycles. The second-order valence-corrected chi connectivity index (χ2v) is 6.63. The van der Waals surface area contributed by atoms with Crippen LogP contribution in [0, 0.1) is 5.92 Å². The van der Waals surface area contributed by atoms with E-state index >= 15 is 0 Å². The van der Waals surface area contributed by atoms with Crippen LogP contribution in [-0.4, -0.2) is 30.4 Å². The third-order valence-corrected chi connectivity index (χ3v) is 5.29. The van der Waals surface area contributed by atoms with Crippen LogP contribution in [0.25, 0.3) is 0 Å². The van der Waals surface area contributed by atoms with Crippen molar-refractivity contribution in [3.8, 4) is 0 Å². The summed E-state index contributed by atoms with van der Waals surface area (Å²) in [5, 5.41) is 3.40. The molecule has 3 atom stereocenters. The number of para-hydroxylation sites is 1. The first-order chi connectivity index (χ1) is 10.2. The quantitative estimate of drug-likeness (QED) is 0.900. The van der Waals surface area contributed by atoms with Gasteiger partial charge in [0.25, 0.3) is 0 Å². The standard InChI is InChI=1S/C18H26N2O/c1-13-7-3-6-10-17(13)20(2)18(21)15-11-12-19-16-9-5-4-8-14(15)16/h4-5,8-9,13,15,17,19H,3,6-7,10-12H2,1-2H3. The molecule has 3 nitrogen and oxygen atoms in total. The van der Waals surface area contributed by atoms with Gasteiger partial charge in [-0.2, -0.15) is 0 Å². The van der Waals surface area contributed by atoms with Crippen LogP contribution in [-0.2, 0) is 4.79 Å². The number of fused-ring (bicyclic) bond motifs is 1. The van der Waals surface area contributed by atoms with Gasteiger partial charge in [0.2, 0.25) is 5.91 Å². The Labute approximate surface area is 127 Å². The minimum absolute atomic E-state index is 0.0292. The lowest BCUT2D eigenvalue weighted by atomic mass is 9.83. The number of hydrogen-bond donors (Lipinski definition) is 1. The van der Waals surface area contributed by atoms with Crippen LogP contribution in [0.3, 0.4) is 0 Å². The van der Waals surface area contributed by atoms with Gasteiger partial charge < -0.3 is 10.2 Å². The molecule has 3 unspecified atom stereocenters. The summed E-state index contributed by atoms with van der Waals surface area (Å²) in [5.41, 5.74) is 2.30. The van der Waals surface area contributed by atoms with Gasteiger partial charge in [-0.25, -0.2) is 0 Å². The first kappa shape index (κ1) is 14.4. The summed E-state index contributed by atoms with van der Waals surface area (Å²) in [5.74, 6) is 0.967. The molecule has 1 aliphatic heterocycles. The molecule has 1 N–H and O–H groups in total. The lowest BCUT2D eigenvalue weighted by Gasteiger charge is -2.39. The summed E-state index contributed by atoms with van der Waals surface area (Å²) in [6, 6.07) is 8.68. The van der Waals surface area contributed by atoms with E-state index in [4.69, 9.17) is 0 Å². The second-order valence-electron chi connectivity index (χ2n) is 6.63. The van der Waals surface area contributed by atoms with E-state index in [2.05, 4.69) is 29.3 Å². The van der Waals surface area contributed by atoms with Crippen molar-refractivity contribution in [2.75, 3.05) is 18.9 Å². The summed E-state index contributed by atoms with van der Waals surface area (Å²) in [6.45, 7) is 3.19. The maximum Gasteiger partial charge on any atom is 0.230 e. The van der Waals surface area contributed by atoms with Gasteiger partial charge in [-0.3, -0.25) is 4.79 Å². The highest BCUT2D eigenvalue weighted by Crippen LogP contribution is 2.35. The largest absolute Gasteiger partial charge is 0.385 e. The Hall–Kier alpha value is -1.51. The van der Waals surface area contributed by atoms with Crippen molar-refractivity contribution >= 4 is 11.6 Å². The molecule has 1 aliphatic carbocycles. The molecular weight excluding hydrogens is 260 g/mol. The molecular formula is C18H26N2O. The molecule has 0 radical (unpaired) electrons. The Morgan fingerprint density at radius 1 is 1.19 bits per heavy atom. The summed E-state index contributed by atoms with van der Waals surface area (Å²) < 4.78 is 0. The highest BCUT2D eigenvalue weighted by molar-refractivity contribution is 5.86. The highest BCUT2D eigenvalue weighted by Gasteiger charge is 2.34. The number of benzene rings is 1. The normalized spacial score (nSPS) is 28.4. The van der Waals surface area contributed by atoms with Crippen molar-refractivity contribution < 1.29 is 4.79 Å². The zero-order chi connectivity index (χ0) is 14.8. The van der Waals surface area contributed by atoms with Crippen LogP contribution < -0.4 is 5.32 Å². The minimum atomic E-state index is 0.0292. The van der Waals surface area contributed by atoms with Crippen LogP contribution in [0.5, 0.6) is 0 Å². The van der Waals surface area contributed by atoms with Gasteiger partial charge in [-0.15, -0.1) is 0 Å². The molecule has 0 spiro atoms. The van der Waals surface area contributed by atoms with Crippen molar-refractivity contribution in [3.05, 3.63) is 29.8 Å². The topological polar surface area (TPSA) is 32.3 Å². The van der Waals surface area contributed by atoms with E-state index in [0.29, 0.717) is 17.9 Å². The van der Waals surface area contributed by atoms with Crippen LogP contribution in [0.2, 0.25) is 0 Å². The van der Waals surface area contributed by atoms with E-state index in [1.54, 1.807) is 0 Å². The van der Waals surface area contributed by atoms with Gasteiger partial charge >= 0.3 is 0 Å². The Balaban J connectivity index is 1.79. The first-order valence-electron chi connectivity index (χ1n) is 8.28. The van der Waals surface area contributed by atoms with E-state index < -0.39 is 0 Å². The smallest absolute Gasteiger partial charge is 0.230 e. The average molecular weight is 286 g/mol. The number of rotatable bonds is 2. The van der Waals surface area contributed by atoms with Crippen LogP contribution in [0.4, 0.5) is 5.69 Å². The zero-order valence-corrected chi connectivity index (χ0v) is 13.1. The van der Waals surface area contributed by atoms with Crippen LogP contribution in [0.1, 0.15) is 50.5 Å². The van der Waals surface area contributed by atoms with Crippen LogP contribution >= 0.6 is 0 Å². The fourth-order valence-corrected chi connectivity index (χ4v) is 4.01. The number of likely N-dealkylation sites (N-methyl/N-ethyl adjacent to an activating group) is 1. The number of nitrogens with zero attached hydrogens (tertiary/aromatic N) is 1. The van der Waals surface area contributed by atoms with E-state index in [9.17, 15) is 4.79 Å². The molecule has 1 aromatic rings. The first-order valence-corrected chi connectivity index (χ1v) is 8.28. The van der Waals surface area contributed by atoms with Gasteiger partial charge in [-0.05, 0) is 36.8 Å². The predicted molar refractivity (Wildman–Crippen MR) is 86.5 cm³/mol. The number of nitrogens with one attached hydrogen (secondary N) is 1. The number of hydrogen-bond acceptors (Lipinski definition) is 2. The van der Waals surface area contributed by atoms with Gasteiger partial charge in [0, 0.05) is 25.3 Å². The maximum atomic E-state index is 13.0. The second kappa shape index (κ2) is 6.08. The highest BCUT2D eigenvalue weighted by atomic mass is 16.2.